The predicted molar refractivity (Wildman–Crippen MR) is 174 cm³/mol. The molecule has 2 bridgehead atoms. The number of nitrogens with one attached hydrogen (secondary N) is 1. The molecule has 47 heavy (non-hydrogen) atoms. The summed E-state index contributed by atoms with van der Waals surface area (Å²) >= 11 is 6.40. The Hall–Kier alpha value is -2.08. The number of methoxy groups -OCH3 is 1. The van der Waals surface area contributed by atoms with Crippen molar-refractivity contribution in [3.8, 4) is 5.75 Å². The van der Waals surface area contributed by atoms with Crippen LogP contribution in [0.4, 0.5) is 5.69 Å². The number of sulfonamides is 1. The van der Waals surface area contributed by atoms with Gasteiger partial charge in [-0.1, -0.05) is 36.7 Å². The van der Waals surface area contributed by atoms with Gasteiger partial charge < -0.3 is 24.3 Å². The standard InChI is InChI=1S/C35H43ClN2O7S.Na/c1-21-15-25(32(44-3)34(40)41)8-6-23-7-9-27(23)18-38-19-35(14-4-5-24-16-28(36)11-12-29(24)35)20-45-31-13-10-26(17-30(31)38)33(39)37-46(42,43)22(21)2;/h6,8,10-13,16-17,21-23,25,27,32H,4-5,7,9,14-15,18-20H2,1-3H3,(H,37,39)(H,40,41);/q;+1/p-1/b8-6-;/t21-,22+,23+,25+,27-,32-,35-;/m0./s1. The van der Waals surface area contributed by atoms with Crippen LogP contribution in [0.5, 0.6) is 5.75 Å². The van der Waals surface area contributed by atoms with Gasteiger partial charge in [-0.15, -0.1) is 0 Å². The zero-order chi connectivity index (χ0) is 32.8. The summed E-state index contributed by atoms with van der Waals surface area (Å²) in [4.78, 5) is 27.8. The van der Waals surface area contributed by atoms with Crippen molar-refractivity contribution < 1.29 is 62.1 Å². The molecular formula is C35H42ClN2NaO7S. The summed E-state index contributed by atoms with van der Waals surface area (Å²) in [5.74, 6) is -1.99. The Labute approximate surface area is 304 Å². The third-order valence-corrected chi connectivity index (χ3v) is 13.0. The Kier molecular flexibility index (Phi) is 11.1. The average molecular weight is 693 g/mol. The monoisotopic (exact) mass is 692 g/mol. The van der Waals surface area contributed by atoms with Gasteiger partial charge >= 0.3 is 29.6 Å². The van der Waals surface area contributed by atoms with Crippen molar-refractivity contribution in [1.29, 1.82) is 0 Å². The van der Waals surface area contributed by atoms with E-state index < -0.39 is 45.1 Å². The molecule has 2 aromatic rings. The Morgan fingerprint density at radius 3 is 2.66 bits per heavy atom. The summed E-state index contributed by atoms with van der Waals surface area (Å²) in [7, 11) is -2.78. The fourth-order valence-corrected chi connectivity index (χ4v) is 9.34. The molecule has 0 unspecified atom stereocenters. The maximum absolute atomic E-state index is 13.5. The van der Waals surface area contributed by atoms with E-state index in [1.165, 1.54) is 25.2 Å². The number of aliphatic carboxylic acids is 1. The molecule has 1 amide bonds. The third-order valence-electron chi connectivity index (χ3n) is 10.9. The largest absolute Gasteiger partial charge is 1.00 e. The van der Waals surface area contributed by atoms with Gasteiger partial charge in [0.25, 0.3) is 5.91 Å². The van der Waals surface area contributed by atoms with Gasteiger partial charge in [-0.05, 0) is 105 Å². The Balaban J connectivity index is 0.00000433. The van der Waals surface area contributed by atoms with E-state index in [1.54, 1.807) is 25.1 Å². The molecule has 1 spiro atoms. The van der Waals surface area contributed by atoms with Crippen LogP contribution in [0.25, 0.3) is 0 Å². The van der Waals surface area contributed by atoms with Gasteiger partial charge in [0, 0.05) is 42.1 Å². The molecule has 1 N–H and O–H groups in total. The minimum Gasteiger partial charge on any atom is -0.547 e. The summed E-state index contributed by atoms with van der Waals surface area (Å²) in [5.41, 5.74) is 3.16. The summed E-state index contributed by atoms with van der Waals surface area (Å²) < 4.78 is 41.0. The van der Waals surface area contributed by atoms with E-state index in [2.05, 4.69) is 27.8 Å². The second kappa shape index (κ2) is 14.4. The predicted octanol–water partition coefficient (Wildman–Crippen LogP) is 1.27. The first-order chi connectivity index (χ1) is 21.9. The molecule has 0 saturated heterocycles. The molecule has 2 aromatic carbocycles. The van der Waals surface area contributed by atoms with Crippen LogP contribution in [0.2, 0.25) is 5.02 Å². The zero-order valence-electron chi connectivity index (χ0n) is 27.5. The zero-order valence-corrected chi connectivity index (χ0v) is 31.1. The minimum atomic E-state index is -4.10. The van der Waals surface area contributed by atoms with E-state index >= 15 is 0 Å². The first kappa shape index (κ1) is 36.2. The number of rotatable bonds is 3. The number of ether oxygens (including phenoxy) is 2. The van der Waals surface area contributed by atoms with Gasteiger partial charge in [-0.3, -0.25) is 4.79 Å². The van der Waals surface area contributed by atoms with Crippen molar-refractivity contribution >= 4 is 39.2 Å². The second-order valence-corrected chi connectivity index (χ2v) is 16.2. The summed E-state index contributed by atoms with van der Waals surface area (Å²) in [6.07, 6.45) is 7.81. The number of aryl methyl sites for hydroxylation is 1. The van der Waals surface area contributed by atoms with Crippen LogP contribution in [-0.4, -0.2) is 58.5 Å². The number of allylic oxidation sites excluding steroid dienone is 1. The van der Waals surface area contributed by atoms with Crippen LogP contribution in [0.1, 0.15) is 67.4 Å². The molecule has 2 aliphatic carbocycles. The Morgan fingerprint density at radius 1 is 1.17 bits per heavy atom. The van der Waals surface area contributed by atoms with Crippen molar-refractivity contribution in [3.63, 3.8) is 0 Å². The number of fused-ring (bicyclic) bond motifs is 4. The van der Waals surface area contributed by atoms with Crippen molar-refractivity contribution in [2.45, 2.75) is 69.1 Å². The topological polar surface area (TPSA) is 125 Å². The number of hydrogen-bond donors (Lipinski definition) is 1. The number of anilines is 1. The SMILES string of the molecule is CO[C@H](C(=O)[O-])[C@@H]1/C=C\[C@@H]2CC[C@H]2CN2C[C@@]3(CCCc4cc(Cl)ccc43)COc3ccc(cc32)C(=O)NS(=O)(=O)[C@H](C)[C@@H](C)C1.[Na+]. The van der Waals surface area contributed by atoms with Crippen LogP contribution >= 0.6 is 11.6 Å². The van der Waals surface area contributed by atoms with Crippen LogP contribution in [0, 0.1) is 23.7 Å². The van der Waals surface area contributed by atoms with Gasteiger partial charge in [-0.2, -0.15) is 0 Å². The number of carbonyl (C=O) groups excluding carboxylic acids is 2. The molecule has 9 nitrogen and oxygen atoms in total. The van der Waals surface area contributed by atoms with Crippen molar-refractivity contribution in [3.05, 3.63) is 70.3 Å². The maximum Gasteiger partial charge on any atom is 1.00 e. The number of halogens is 1. The van der Waals surface area contributed by atoms with Crippen LogP contribution in [-0.2, 0) is 31.4 Å². The normalized spacial score (nSPS) is 31.4. The number of amides is 1. The molecule has 248 valence electrons. The number of carbonyl (C=O) groups is 2. The van der Waals surface area contributed by atoms with Gasteiger partial charge in [0.05, 0.1) is 23.5 Å². The van der Waals surface area contributed by atoms with E-state index in [9.17, 15) is 23.1 Å². The summed E-state index contributed by atoms with van der Waals surface area (Å²) in [6.45, 7) is 5.12. The molecule has 2 heterocycles. The van der Waals surface area contributed by atoms with Crippen molar-refractivity contribution in [2.24, 2.45) is 23.7 Å². The maximum atomic E-state index is 13.5. The number of hydrogen-bond acceptors (Lipinski definition) is 8. The smallest absolute Gasteiger partial charge is 0.547 e. The van der Waals surface area contributed by atoms with E-state index in [0.717, 1.165) is 37.8 Å². The van der Waals surface area contributed by atoms with Crippen molar-refractivity contribution in [1.82, 2.24) is 4.72 Å². The second-order valence-electron chi connectivity index (χ2n) is 13.7. The minimum absolute atomic E-state index is 0. The fourth-order valence-electron chi connectivity index (χ4n) is 7.86. The molecule has 0 radical (unpaired) electrons. The molecule has 2 aliphatic heterocycles. The first-order valence-electron chi connectivity index (χ1n) is 16.2. The molecule has 4 aliphatic rings. The average Bonchev–Trinajstić information content (AvgIpc) is 3.15. The Bertz CT molecular complexity index is 1650. The molecular weight excluding hydrogens is 651 g/mol. The number of carboxylic acid groups (broad SMARTS) is 1. The number of nitrogens with zero attached hydrogens (tertiary/aromatic N) is 1. The van der Waals surface area contributed by atoms with Crippen LogP contribution in [0.3, 0.4) is 0 Å². The third kappa shape index (κ3) is 7.29. The Morgan fingerprint density at radius 2 is 1.96 bits per heavy atom. The van der Waals surface area contributed by atoms with E-state index in [1.807, 2.05) is 12.1 Å². The first-order valence-corrected chi connectivity index (χ1v) is 18.1. The van der Waals surface area contributed by atoms with E-state index in [-0.39, 0.29) is 52.9 Å². The van der Waals surface area contributed by atoms with Crippen molar-refractivity contribution in [2.75, 3.05) is 31.7 Å². The van der Waals surface area contributed by atoms with Gasteiger partial charge in [0.1, 0.15) is 11.9 Å². The number of benzene rings is 2. The van der Waals surface area contributed by atoms with E-state index in [0.29, 0.717) is 36.4 Å². The molecule has 0 aromatic heterocycles. The summed E-state index contributed by atoms with van der Waals surface area (Å²) in [6, 6.07) is 11.3. The fraction of sp³-hybridized carbons (Fsp3) is 0.543. The van der Waals surface area contributed by atoms with E-state index in [4.69, 9.17) is 21.1 Å². The quantitative estimate of drug-likeness (QED) is 0.377. The molecule has 7 atom stereocenters. The van der Waals surface area contributed by atoms with Gasteiger partial charge in [-0.25, -0.2) is 13.1 Å². The van der Waals surface area contributed by atoms with Gasteiger partial charge in [0.15, 0.2) is 0 Å². The molecule has 12 heteroatoms. The van der Waals surface area contributed by atoms with Gasteiger partial charge in [0.2, 0.25) is 10.0 Å². The molecule has 1 fully saturated rings. The molecule has 6 rings (SSSR count). The van der Waals surface area contributed by atoms with Crippen LogP contribution < -0.4 is 49.0 Å². The summed E-state index contributed by atoms with van der Waals surface area (Å²) in [5, 5.41) is 11.8. The van der Waals surface area contributed by atoms with Crippen LogP contribution in [0.15, 0.2) is 48.6 Å². The molecule has 1 saturated carbocycles. The number of carboxylic acids is 1.